The first-order valence-electron chi connectivity index (χ1n) is 7.00. The van der Waals surface area contributed by atoms with Gasteiger partial charge in [-0.1, -0.05) is 23.7 Å². The number of hydrogen-bond donors (Lipinski definition) is 0. The Balaban J connectivity index is 2.11. The Morgan fingerprint density at radius 3 is 2.86 bits per heavy atom. The summed E-state index contributed by atoms with van der Waals surface area (Å²) in [4.78, 5) is 17.0. The summed E-state index contributed by atoms with van der Waals surface area (Å²) in [5.74, 6) is 0.753. The maximum Gasteiger partial charge on any atom is 0.261 e. The summed E-state index contributed by atoms with van der Waals surface area (Å²) >= 11 is 0. The van der Waals surface area contributed by atoms with Crippen molar-refractivity contribution in [1.29, 1.82) is 0 Å². The second-order valence-corrected chi connectivity index (χ2v) is 5.22. The molecular formula is C16H17N3O2. The van der Waals surface area contributed by atoms with Gasteiger partial charge < -0.3 is 4.52 Å². The molecule has 2 heterocycles. The quantitative estimate of drug-likeness (QED) is 0.741. The van der Waals surface area contributed by atoms with Crippen molar-refractivity contribution >= 4 is 10.9 Å². The SMILES string of the molecule is CCc1noc(C)c1Cn1cnc2ccc(C)cc2c1=O. The number of fused-ring (bicyclic) bond motifs is 1. The fraction of sp³-hybridized carbons (Fsp3) is 0.312. The van der Waals surface area contributed by atoms with Gasteiger partial charge in [-0.3, -0.25) is 9.36 Å². The fourth-order valence-electron chi connectivity index (χ4n) is 2.47. The molecule has 0 fully saturated rings. The van der Waals surface area contributed by atoms with E-state index >= 15 is 0 Å². The summed E-state index contributed by atoms with van der Waals surface area (Å²) < 4.78 is 6.83. The van der Waals surface area contributed by atoms with Crippen molar-refractivity contribution in [2.24, 2.45) is 0 Å². The van der Waals surface area contributed by atoms with Crippen molar-refractivity contribution < 1.29 is 4.52 Å². The van der Waals surface area contributed by atoms with E-state index in [1.807, 2.05) is 39.0 Å². The molecule has 2 aromatic heterocycles. The van der Waals surface area contributed by atoms with Gasteiger partial charge in [0, 0.05) is 5.56 Å². The van der Waals surface area contributed by atoms with Crippen LogP contribution in [0.1, 0.15) is 29.5 Å². The van der Waals surface area contributed by atoms with Crippen LogP contribution < -0.4 is 5.56 Å². The van der Waals surface area contributed by atoms with E-state index in [2.05, 4.69) is 10.1 Å². The lowest BCUT2D eigenvalue weighted by Gasteiger charge is -2.07. The van der Waals surface area contributed by atoms with Gasteiger partial charge in [0.1, 0.15) is 5.76 Å². The number of hydrogen-bond acceptors (Lipinski definition) is 4. The number of nitrogens with zero attached hydrogens (tertiary/aromatic N) is 3. The molecule has 3 rings (SSSR count). The monoisotopic (exact) mass is 283 g/mol. The zero-order valence-corrected chi connectivity index (χ0v) is 12.4. The second kappa shape index (κ2) is 5.16. The third-order valence-corrected chi connectivity index (χ3v) is 3.71. The Bertz CT molecular complexity index is 862. The molecule has 108 valence electrons. The third kappa shape index (κ3) is 2.35. The zero-order valence-electron chi connectivity index (χ0n) is 12.4. The molecule has 0 bridgehead atoms. The highest BCUT2D eigenvalue weighted by Crippen LogP contribution is 2.15. The van der Waals surface area contributed by atoms with Crippen molar-refractivity contribution in [3.63, 3.8) is 0 Å². The van der Waals surface area contributed by atoms with E-state index in [4.69, 9.17) is 4.52 Å². The van der Waals surface area contributed by atoms with Gasteiger partial charge in [-0.2, -0.15) is 0 Å². The number of rotatable bonds is 3. The average Bonchev–Trinajstić information content (AvgIpc) is 2.83. The first-order valence-corrected chi connectivity index (χ1v) is 7.00. The molecule has 0 N–H and O–H groups in total. The summed E-state index contributed by atoms with van der Waals surface area (Å²) in [7, 11) is 0. The molecule has 3 aromatic rings. The lowest BCUT2D eigenvalue weighted by atomic mass is 10.1. The van der Waals surface area contributed by atoms with Crippen molar-refractivity contribution in [2.45, 2.75) is 33.7 Å². The van der Waals surface area contributed by atoms with Crippen LogP contribution in [0.2, 0.25) is 0 Å². The molecule has 5 nitrogen and oxygen atoms in total. The molecule has 0 spiro atoms. The maximum atomic E-state index is 12.6. The van der Waals surface area contributed by atoms with Crippen LogP contribution in [0, 0.1) is 13.8 Å². The summed E-state index contributed by atoms with van der Waals surface area (Å²) in [6.45, 7) is 6.29. The molecule has 21 heavy (non-hydrogen) atoms. The smallest absolute Gasteiger partial charge is 0.261 e. The van der Waals surface area contributed by atoms with Gasteiger partial charge in [-0.15, -0.1) is 0 Å². The highest BCUT2D eigenvalue weighted by atomic mass is 16.5. The molecule has 1 aromatic carbocycles. The number of aryl methyl sites for hydroxylation is 3. The van der Waals surface area contributed by atoms with E-state index in [1.54, 1.807) is 10.9 Å². The molecule has 0 aliphatic heterocycles. The highest BCUT2D eigenvalue weighted by Gasteiger charge is 2.13. The van der Waals surface area contributed by atoms with E-state index < -0.39 is 0 Å². The van der Waals surface area contributed by atoms with E-state index in [9.17, 15) is 4.79 Å². The molecule has 0 atom stereocenters. The summed E-state index contributed by atoms with van der Waals surface area (Å²) in [6, 6.07) is 5.71. The Morgan fingerprint density at radius 1 is 1.29 bits per heavy atom. The summed E-state index contributed by atoms with van der Waals surface area (Å²) in [5, 5.41) is 4.67. The molecule has 0 radical (unpaired) electrons. The summed E-state index contributed by atoms with van der Waals surface area (Å²) in [5.41, 5.74) is 3.60. The van der Waals surface area contributed by atoms with E-state index in [1.165, 1.54) is 0 Å². The van der Waals surface area contributed by atoms with Gasteiger partial charge >= 0.3 is 0 Å². The first kappa shape index (κ1) is 13.5. The minimum Gasteiger partial charge on any atom is -0.361 e. The lowest BCUT2D eigenvalue weighted by Crippen LogP contribution is -2.21. The molecule has 5 heteroatoms. The van der Waals surface area contributed by atoms with Crippen LogP contribution in [0.5, 0.6) is 0 Å². The predicted molar refractivity (Wildman–Crippen MR) is 80.5 cm³/mol. The minimum atomic E-state index is -0.0358. The molecule has 0 aliphatic rings. The topological polar surface area (TPSA) is 60.9 Å². The lowest BCUT2D eigenvalue weighted by molar-refractivity contribution is 0.390. The normalized spacial score (nSPS) is 11.2. The van der Waals surface area contributed by atoms with Crippen molar-refractivity contribution in [3.8, 4) is 0 Å². The van der Waals surface area contributed by atoms with Crippen LogP contribution in [0.15, 0.2) is 33.8 Å². The van der Waals surface area contributed by atoms with Crippen LogP contribution in [0.4, 0.5) is 0 Å². The molecule has 0 amide bonds. The Hall–Kier alpha value is -2.43. The maximum absolute atomic E-state index is 12.6. The minimum absolute atomic E-state index is 0.0358. The van der Waals surface area contributed by atoms with Crippen molar-refractivity contribution in [2.75, 3.05) is 0 Å². The predicted octanol–water partition coefficient (Wildman–Crippen LogP) is 2.61. The molecule has 0 unspecified atom stereocenters. The molecule has 0 saturated carbocycles. The van der Waals surface area contributed by atoms with Crippen LogP contribution >= 0.6 is 0 Å². The largest absolute Gasteiger partial charge is 0.361 e. The van der Waals surface area contributed by atoms with Crippen molar-refractivity contribution in [1.82, 2.24) is 14.7 Å². The van der Waals surface area contributed by atoms with Gasteiger partial charge in [-0.05, 0) is 32.4 Å². The Labute approximate surface area is 122 Å². The van der Waals surface area contributed by atoms with Gasteiger partial charge in [0.05, 0.1) is 29.5 Å². The number of benzene rings is 1. The first-order chi connectivity index (χ1) is 10.1. The van der Waals surface area contributed by atoms with Gasteiger partial charge in [0.15, 0.2) is 0 Å². The average molecular weight is 283 g/mol. The van der Waals surface area contributed by atoms with E-state index in [0.29, 0.717) is 11.9 Å². The molecule has 0 saturated heterocycles. The fourth-order valence-corrected chi connectivity index (χ4v) is 2.47. The second-order valence-electron chi connectivity index (χ2n) is 5.22. The van der Waals surface area contributed by atoms with Crippen LogP contribution in [0.25, 0.3) is 10.9 Å². The molecular weight excluding hydrogens is 266 g/mol. The number of aromatic nitrogens is 3. The van der Waals surface area contributed by atoms with E-state index in [0.717, 1.165) is 34.5 Å². The van der Waals surface area contributed by atoms with Crippen LogP contribution in [-0.4, -0.2) is 14.7 Å². The van der Waals surface area contributed by atoms with E-state index in [-0.39, 0.29) is 5.56 Å². The Kier molecular flexibility index (Phi) is 3.33. The standard InChI is InChI=1S/C16H17N3O2/c1-4-14-13(11(3)21-18-14)8-19-9-17-15-6-5-10(2)7-12(15)16(19)20/h5-7,9H,4,8H2,1-3H3. The van der Waals surface area contributed by atoms with Crippen LogP contribution in [-0.2, 0) is 13.0 Å². The van der Waals surface area contributed by atoms with Gasteiger partial charge in [-0.25, -0.2) is 4.98 Å². The van der Waals surface area contributed by atoms with Gasteiger partial charge in [0.25, 0.3) is 5.56 Å². The van der Waals surface area contributed by atoms with Crippen molar-refractivity contribution in [3.05, 3.63) is 57.5 Å². The molecule has 0 aliphatic carbocycles. The summed E-state index contributed by atoms with van der Waals surface area (Å²) in [6.07, 6.45) is 2.37. The van der Waals surface area contributed by atoms with Crippen LogP contribution in [0.3, 0.4) is 0 Å². The Morgan fingerprint density at radius 2 is 2.10 bits per heavy atom. The third-order valence-electron chi connectivity index (χ3n) is 3.71. The van der Waals surface area contributed by atoms with Gasteiger partial charge in [0.2, 0.25) is 0 Å². The zero-order chi connectivity index (χ0) is 15.0. The highest BCUT2D eigenvalue weighted by molar-refractivity contribution is 5.77.